The molecule has 0 saturated carbocycles. The predicted molar refractivity (Wildman–Crippen MR) is 143 cm³/mol. The molecule has 202 valence electrons. The van der Waals surface area contributed by atoms with E-state index in [-0.39, 0.29) is 17.4 Å². The number of carbonyl (C=O) groups excluding carboxylic acids is 1. The number of nitrogens with two attached hydrogens (primary N) is 1. The number of nitrogens with zero attached hydrogens (tertiary/aromatic N) is 4. The van der Waals surface area contributed by atoms with E-state index in [0.717, 1.165) is 17.7 Å². The number of anilines is 3. The molecule has 0 saturated heterocycles. The van der Waals surface area contributed by atoms with Gasteiger partial charge in [0.2, 0.25) is 0 Å². The first-order chi connectivity index (χ1) is 19.2. The van der Waals surface area contributed by atoms with Crippen LogP contribution in [-0.2, 0) is 6.18 Å². The summed E-state index contributed by atoms with van der Waals surface area (Å²) < 4.78 is 45.4. The second kappa shape index (κ2) is 10.9. The highest BCUT2D eigenvalue weighted by atomic mass is 35.5. The van der Waals surface area contributed by atoms with Gasteiger partial charge in [0.25, 0.3) is 0 Å². The number of benzene rings is 2. The van der Waals surface area contributed by atoms with Gasteiger partial charge >= 0.3 is 18.2 Å². The molecular weight excluding hydrogens is 549 g/mol. The number of halogens is 4. The number of ether oxygens (including phenoxy) is 1. The lowest BCUT2D eigenvalue weighted by Gasteiger charge is -2.14. The monoisotopic (exact) mass is 566 g/mol. The molecule has 0 unspecified atom stereocenters. The summed E-state index contributed by atoms with van der Waals surface area (Å²) in [6.07, 6.45) is 2.37. The summed E-state index contributed by atoms with van der Waals surface area (Å²) >= 11 is 6.01. The molecule has 0 aliphatic carbocycles. The third-order valence-electron chi connectivity index (χ3n) is 5.55. The molecule has 40 heavy (non-hydrogen) atoms. The van der Waals surface area contributed by atoms with E-state index in [1.807, 2.05) is 0 Å². The first-order valence-electron chi connectivity index (χ1n) is 11.5. The van der Waals surface area contributed by atoms with Crippen molar-refractivity contribution in [3.05, 3.63) is 90.1 Å². The summed E-state index contributed by atoms with van der Waals surface area (Å²) in [5.41, 5.74) is 7.42. The summed E-state index contributed by atoms with van der Waals surface area (Å²) in [6.45, 7) is 0. The Morgan fingerprint density at radius 3 is 2.33 bits per heavy atom. The topological polar surface area (TPSA) is 144 Å². The molecule has 0 aliphatic heterocycles. The molecule has 0 atom stereocenters. The quantitative estimate of drug-likeness (QED) is 0.181. The van der Waals surface area contributed by atoms with Crippen LogP contribution in [0.1, 0.15) is 5.56 Å². The van der Waals surface area contributed by atoms with Crippen molar-refractivity contribution in [3.63, 3.8) is 0 Å². The molecule has 10 nitrogen and oxygen atoms in total. The number of nitrogens with one attached hydrogen (secondary N) is 3. The van der Waals surface area contributed by atoms with Gasteiger partial charge in [0.15, 0.2) is 0 Å². The average molecular weight is 567 g/mol. The molecule has 0 fully saturated rings. The molecule has 0 spiro atoms. The minimum Gasteiger partial charge on any atom is -0.424 e. The number of urea groups is 1. The Hall–Kier alpha value is -5.17. The zero-order chi connectivity index (χ0) is 28.3. The molecule has 5 N–H and O–H groups in total. The Kier molecular flexibility index (Phi) is 7.21. The van der Waals surface area contributed by atoms with Crippen molar-refractivity contribution in [2.75, 3.05) is 16.4 Å². The number of H-pyrrole nitrogens is 1. The minimum absolute atomic E-state index is 0.00256. The molecule has 2 amide bonds. The second-order valence-electron chi connectivity index (χ2n) is 8.29. The standard InChI is InChI=1S/C26H18ClF3N8O2/c27-17-8-21(23(31)32-11-17)14-1-4-19(5-2-14)40-25-33-12-18(13-34-25)37-24(39)38-22-7-16(26(28,29)30)3-6-20(22)15-9-35-36-10-15/h1-13H,(H2,31,32)(H,35,36)(H2,37,38,39). The highest BCUT2D eigenvalue weighted by molar-refractivity contribution is 6.30. The van der Waals surface area contributed by atoms with Crippen molar-refractivity contribution in [2.45, 2.75) is 6.18 Å². The van der Waals surface area contributed by atoms with Gasteiger partial charge in [-0.3, -0.25) is 5.10 Å². The van der Waals surface area contributed by atoms with E-state index in [1.165, 1.54) is 37.1 Å². The number of amides is 2. The molecule has 2 aromatic carbocycles. The van der Waals surface area contributed by atoms with E-state index in [2.05, 4.69) is 35.8 Å². The fourth-order valence-electron chi connectivity index (χ4n) is 3.68. The number of rotatable bonds is 6. The number of aromatic amines is 1. The number of nitrogen functional groups attached to an aromatic ring is 1. The molecule has 14 heteroatoms. The first kappa shape index (κ1) is 26.4. The van der Waals surface area contributed by atoms with Gasteiger partial charge in [0, 0.05) is 29.1 Å². The van der Waals surface area contributed by atoms with Gasteiger partial charge in [-0.25, -0.2) is 19.7 Å². The van der Waals surface area contributed by atoms with Crippen molar-refractivity contribution < 1.29 is 22.7 Å². The Morgan fingerprint density at radius 1 is 0.900 bits per heavy atom. The summed E-state index contributed by atoms with van der Waals surface area (Å²) in [5.74, 6) is 0.770. The molecule has 3 aromatic heterocycles. The van der Waals surface area contributed by atoms with E-state index in [1.54, 1.807) is 30.3 Å². The summed E-state index contributed by atoms with van der Waals surface area (Å²) in [7, 11) is 0. The van der Waals surface area contributed by atoms with Gasteiger partial charge < -0.3 is 21.1 Å². The highest BCUT2D eigenvalue weighted by Gasteiger charge is 2.31. The van der Waals surface area contributed by atoms with Crippen molar-refractivity contribution in [1.82, 2.24) is 25.1 Å². The van der Waals surface area contributed by atoms with Crippen LogP contribution in [0.15, 0.2) is 79.5 Å². The average Bonchev–Trinajstić information content (AvgIpc) is 3.46. The van der Waals surface area contributed by atoms with Crippen molar-refractivity contribution in [1.29, 1.82) is 0 Å². The highest BCUT2D eigenvalue weighted by Crippen LogP contribution is 2.36. The number of alkyl halides is 3. The van der Waals surface area contributed by atoms with Gasteiger partial charge in [0.1, 0.15) is 11.6 Å². The van der Waals surface area contributed by atoms with Gasteiger partial charge in [-0.1, -0.05) is 29.8 Å². The fraction of sp³-hybridized carbons (Fsp3) is 0.0385. The van der Waals surface area contributed by atoms with Crippen molar-refractivity contribution in [3.8, 4) is 34.0 Å². The van der Waals surface area contributed by atoms with Gasteiger partial charge in [-0.15, -0.1) is 0 Å². The lowest BCUT2D eigenvalue weighted by molar-refractivity contribution is -0.137. The molecule has 0 radical (unpaired) electrons. The molecule has 5 aromatic rings. The van der Waals surface area contributed by atoms with Crippen molar-refractivity contribution in [2.24, 2.45) is 0 Å². The molecule has 5 rings (SSSR count). The van der Waals surface area contributed by atoms with Crippen LogP contribution in [0.4, 0.5) is 35.2 Å². The molecule has 0 aliphatic rings. The number of pyridine rings is 1. The van der Waals surface area contributed by atoms with Crippen LogP contribution < -0.4 is 21.1 Å². The maximum Gasteiger partial charge on any atom is 0.416 e. The smallest absolute Gasteiger partial charge is 0.416 e. The number of hydrogen-bond acceptors (Lipinski definition) is 7. The maximum atomic E-state index is 13.3. The zero-order valence-electron chi connectivity index (χ0n) is 20.2. The first-order valence-corrected chi connectivity index (χ1v) is 11.8. The van der Waals surface area contributed by atoms with Crippen LogP contribution in [0, 0.1) is 0 Å². The summed E-state index contributed by atoms with van der Waals surface area (Å²) in [4.78, 5) is 24.8. The normalized spacial score (nSPS) is 11.2. The van der Waals surface area contributed by atoms with E-state index in [0.29, 0.717) is 33.3 Å². The molecular formula is C26H18ClF3N8O2. The number of hydrogen-bond donors (Lipinski definition) is 4. The van der Waals surface area contributed by atoms with E-state index < -0.39 is 17.8 Å². The van der Waals surface area contributed by atoms with Crippen LogP contribution in [0.5, 0.6) is 11.8 Å². The van der Waals surface area contributed by atoms with Gasteiger partial charge in [-0.05, 0) is 35.9 Å². The largest absolute Gasteiger partial charge is 0.424 e. The fourth-order valence-corrected chi connectivity index (χ4v) is 3.84. The second-order valence-corrected chi connectivity index (χ2v) is 8.73. The Bertz CT molecular complexity index is 1640. The Balaban J connectivity index is 1.25. The van der Waals surface area contributed by atoms with Crippen LogP contribution >= 0.6 is 11.6 Å². The third-order valence-corrected chi connectivity index (χ3v) is 5.76. The van der Waals surface area contributed by atoms with Crippen LogP contribution in [-0.4, -0.2) is 31.2 Å². The Labute approximate surface area is 229 Å². The van der Waals surface area contributed by atoms with E-state index >= 15 is 0 Å². The van der Waals surface area contributed by atoms with Crippen LogP contribution in [0.3, 0.4) is 0 Å². The van der Waals surface area contributed by atoms with Crippen molar-refractivity contribution >= 4 is 34.8 Å². The van der Waals surface area contributed by atoms with Crippen LogP contribution in [0.2, 0.25) is 5.02 Å². The lowest BCUT2D eigenvalue weighted by Crippen LogP contribution is -2.20. The van der Waals surface area contributed by atoms with Crippen LogP contribution in [0.25, 0.3) is 22.3 Å². The number of aromatic nitrogens is 5. The lowest BCUT2D eigenvalue weighted by atomic mass is 10.0. The summed E-state index contributed by atoms with van der Waals surface area (Å²) in [5, 5.41) is 11.8. The molecule has 0 bridgehead atoms. The number of carbonyl (C=O) groups is 1. The SMILES string of the molecule is Nc1ncc(Cl)cc1-c1ccc(Oc2ncc(NC(=O)Nc3cc(C(F)(F)F)ccc3-c3cn[nH]c3)cn2)cc1. The van der Waals surface area contributed by atoms with Gasteiger partial charge in [0.05, 0.1) is 40.6 Å². The zero-order valence-corrected chi connectivity index (χ0v) is 21.0. The third kappa shape index (κ3) is 6.10. The van der Waals surface area contributed by atoms with E-state index in [9.17, 15) is 18.0 Å². The van der Waals surface area contributed by atoms with Gasteiger partial charge in [-0.2, -0.15) is 18.3 Å². The predicted octanol–water partition coefficient (Wildman–Crippen LogP) is 6.62. The maximum absolute atomic E-state index is 13.3. The molecule has 3 heterocycles. The Morgan fingerprint density at radius 2 is 1.65 bits per heavy atom. The summed E-state index contributed by atoms with van der Waals surface area (Å²) in [6, 6.07) is 10.8. The van der Waals surface area contributed by atoms with E-state index in [4.69, 9.17) is 22.1 Å². The minimum atomic E-state index is -4.59.